The molecule has 4 aliphatic rings. The molecule has 2 bridgehead atoms. The molecule has 4 heterocycles. The summed E-state index contributed by atoms with van der Waals surface area (Å²) in [6.07, 6.45) is 6.71. The molecule has 0 N–H and O–H groups in total. The van der Waals surface area contributed by atoms with E-state index < -0.39 is 5.60 Å². The molecule has 3 saturated heterocycles. The van der Waals surface area contributed by atoms with Crippen LogP contribution in [0.2, 0.25) is 0 Å². The summed E-state index contributed by atoms with van der Waals surface area (Å²) in [5.41, 5.74) is -0.576. The topological polar surface area (TPSA) is 53.1 Å². The Morgan fingerprint density at radius 1 is 1.27 bits per heavy atom. The highest BCUT2D eigenvalue weighted by Crippen LogP contribution is 2.53. The number of hydrogen-bond acceptors (Lipinski definition) is 4. The van der Waals surface area contributed by atoms with E-state index in [0.717, 1.165) is 45.4 Å². The fourth-order valence-corrected chi connectivity index (χ4v) is 5.33. The molecule has 0 radical (unpaired) electrons. The first-order valence-electron chi connectivity index (χ1n) is 10.2. The second kappa shape index (κ2) is 6.64. The van der Waals surface area contributed by atoms with Gasteiger partial charge >= 0.3 is 0 Å². The molecular weight excluding hydrogens is 330 g/mol. The van der Waals surface area contributed by atoms with Crippen LogP contribution < -0.4 is 0 Å². The molecule has 4 aliphatic heterocycles. The van der Waals surface area contributed by atoms with Gasteiger partial charge in [0.15, 0.2) is 0 Å². The van der Waals surface area contributed by atoms with E-state index in [0.29, 0.717) is 6.54 Å². The van der Waals surface area contributed by atoms with Crippen molar-refractivity contribution in [3.8, 4) is 0 Å². The van der Waals surface area contributed by atoms with Gasteiger partial charge in [0.25, 0.3) is 0 Å². The summed E-state index contributed by atoms with van der Waals surface area (Å²) in [6, 6.07) is 0.237. The molecule has 0 aromatic carbocycles. The molecule has 6 heteroatoms. The number of rotatable bonds is 4. The van der Waals surface area contributed by atoms with Gasteiger partial charge in [0.05, 0.1) is 24.5 Å². The zero-order valence-corrected chi connectivity index (χ0v) is 16.2. The van der Waals surface area contributed by atoms with Crippen LogP contribution in [0.15, 0.2) is 12.2 Å². The lowest BCUT2D eigenvalue weighted by molar-refractivity contribution is -0.144. The van der Waals surface area contributed by atoms with Crippen LogP contribution in [-0.2, 0) is 14.3 Å². The Labute approximate surface area is 156 Å². The molecule has 0 aromatic heterocycles. The summed E-state index contributed by atoms with van der Waals surface area (Å²) in [5.74, 6) is -0.459. The normalized spacial score (nSPS) is 36.9. The van der Waals surface area contributed by atoms with Gasteiger partial charge in [0.1, 0.15) is 5.60 Å². The number of fused-ring (bicyclic) bond motifs is 1. The highest BCUT2D eigenvalue weighted by Gasteiger charge is 2.67. The van der Waals surface area contributed by atoms with Crippen LogP contribution in [0.3, 0.4) is 0 Å². The fraction of sp³-hybridized carbons (Fsp3) is 0.800. The third kappa shape index (κ3) is 2.61. The van der Waals surface area contributed by atoms with Crippen LogP contribution in [0, 0.1) is 11.8 Å². The minimum absolute atomic E-state index is 0.112. The van der Waals surface area contributed by atoms with E-state index in [1.165, 1.54) is 0 Å². The van der Waals surface area contributed by atoms with Crippen LogP contribution in [0.25, 0.3) is 0 Å². The van der Waals surface area contributed by atoms with Gasteiger partial charge < -0.3 is 19.4 Å². The highest BCUT2D eigenvalue weighted by atomic mass is 16.5. The monoisotopic (exact) mass is 361 g/mol. The molecule has 0 unspecified atom stereocenters. The van der Waals surface area contributed by atoms with E-state index in [-0.39, 0.29) is 35.8 Å². The average Bonchev–Trinajstić information content (AvgIpc) is 3.21. The fourth-order valence-electron chi connectivity index (χ4n) is 5.33. The Hall–Kier alpha value is -1.40. The molecule has 144 valence electrons. The van der Waals surface area contributed by atoms with Gasteiger partial charge in [-0.05, 0) is 32.9 Å². The Balaban J connectivity index is 1.58. The summed E-state index contributed by atoms with van der Waals surface area (Å²) in [7, 11) is 2.10. The lowest BCUT2D eigenvalue weighted by Gasteiger charge is -2.30. The molecule has 4 rings (SSSR count). The van der Waals surface area contributed by atoms with Gasteiger partial charge in [-0.3, -0.25) is 9.59 Å². The van der Waals surface area contributed by atoms with Crippen LogP contribution in [0.5, 0.6) is 0 Å². The molecule has 0 saturated carbocycles. The summed E-state index contributed by atoms with van der Waals surface area (Å²) in [4.78, 5) is 32.9. The lowest BCUT2D eigenvalue weighted by Crippen LogP contribution is -2.47. The second-order valence-electron chi connectivity index (χ2n) is 8.32. The quantitative estimate of drug-likeness (QED) is 0.704. The molecule has 26 heavy (non-hydrogen) atoms. The van der Waals surface area contributed by atoms with Gasteiger partial charge in [0, 0.05) is 25.7 Å². The number of likely N-dealkylation sites (N-methyl/N-ethyl adjacent to an activating group) is 1. The maximum Gasteiger partial charge on any atom is 0.230 e. The number of ether oxygens (including phenoxy) is 1. The van der Waals surface area contributed by atoms with Gasteiger partial charge in [-0.25, -0.2) is 0 Å². The van der Waals surface area contributed by atoms with Crippen molar-refractivity contribution >= 4 is 11.8 Å². The van der Waals surface area contributed by atoms with Crippen molar-refractivity contribution in [1.29, 1.82) is 0 Å². The number of carbonyl (C=O) groups is 2. The average molecular weight is 361 g/mol. The van der Waals surface area contributed by atoms with Crippen molar-refractivity contribution in [3.05, 3.63) is 12.2 Å². The van der Waals surface area contributed by atoms with Gasteiger partial charge in [-0.2, -0.15) is 0 Å². The van der Waals surface area contributed by atoms with Crippen molar-refractivity contribution < 1.29 is 14.3 Å². The summed E-state index contributed by atoms with van der Waals surface area (Å²) < 4.78 is 6.27. The molecular formula is C20H31N3O3. The van der Waals surface area contributed by atoms with Crippen LogP contribution in [0.1, 0.15) is 33.1 Å². The van der Waals surface area contributed by atoms with Crippen molar-refractivity contribution in [2.24, 2.45) is 11.8 Å². The van der Waals surface area contributed by atoms with Crippen molar-refractivity contribution in [3.63, 3.8) is 0 Å². The lowest BCUT2D eigenvalue weighted by atomic mass is 9.76. The molecule has 0 aliphatic carbocycles. The van der Waals surface area contributed by atoms with E-state index in [9.17, 15) is 9.59 Å². The summed E-state index contributed by atoms with van der Waals surface area (Å²) >= 11 is 0. The molecule has 3 fully saturated rings. The van der Waals surface area contributed by atoms with Crippen LogP contribution >= 0.6 is 0 Å². The Morgan fingerprint density at radius 3 is 2.77 bits per heavy atom. The largest absolute Gasteiger partial charge is 0.360 e. The predicted octanol–water partition coefficient (Wildman–Crippen LogP) is 1.12. The van der Waals surface area contributed by atoms with Gasteiger partial charge in [-0.1, -0.05) is 26.0 Å². The minimum Gasteiger partial charge on any atom is -0.360 e. The van der Waals surface area contributed by atoms with E-state index in [1.807, 2.05) is 15.9 Å². The van der Waals surface area contributed by atoms with E-state index in [1.54, 1.807) is 0 Å². The number of nitrogens with zero attached hydrogens (tertiary/aromatic N) is 3. The highest BCUT2D eigenvalue weighted by molar-refractivity contribution is 5.93. The zero-order chi connectivity index (χ0) is 18.5. The van der Waals surface area contributed by atoms with Crippen molar-refractivity contribution in [2.45, 2.75) is 50.9 Å². The minimum atomic E-state index is -0.576. The number of likely N-dealkylation sites (tertiary alicyclic amines) is 1. The van der Waals surface area contributed by atoms with E-state index in [2.05, 4.69) is 31.9 Å². The van der Waals surface area contributed by atoms with Crippen molar-refractivity contribution in [1.82, 2.24) is 14.7 Å². The standard InChI is InChI=1S/C20H31N3O3/c1-4-14(5-2)23-13-20-8-7-15(26-20)16(17(20)19(23)25)18(24)22-10-6-9-21(3)11-12-22/h7-8,14-17H,4-6,9-13H2,1-3H3/t15-,16-,17-,20-/m0/s1. The van der Waals surface area contributed by atoms with Crippen LogP contribution in [0.4, 0.5) is 0 Å². The molecule has 2 amide bonds. The third-order valence-electron chi connectivity index (χ3n) is 6.83. The third-order valence-corrected chi connectivity index (χ3v) is 6.83. The number of amides is 2. The smallest absolute Gasteiger partial charge is 0.230 e. The first-order valence-corrected chi connectivity index (χ1v) is 10.2. The molecule has 1 spiro atoms. The molecule has 6 nitrogen and oxygen atoms in total. The SMILES string of the molecule is CCC(CC)N1C[C@]23C=C[C@H](O2)[C@H](C(=O)N2CCCN(C)CC2)[C@H]3C1=O. The maximum absolute atomic E-state index is 13.4. The zero-order valence-electron chi connectivity index (χ0n) is 16.2. The Morgan fingerprint density at radius 2 is 2.04 bits per heavy atom. The Kier molecular flexibility index (Phi) is 4.59. The van der Waals surface area contributed by atoms with E-state index >= 15 is 0 Å². The molecule has 4 atom stereocenters. The van der Waals surface area contributed by atoms with E-state index in [4.69, 9.17) is 4.74 Å². The molecule has 0 aromatic rings. The predicted molar refractivity (Wildman–Crippen MR) is 98.5 cm³/mol. The number of hydrogen-bond donors (Lipinski definition) is 0. The van der Waals surface area contributed by atoms with Gasteiger partial charge in [-0.15, -0.1) is 0 Å². The number of carbonyl (C=O) groups excluding carboxylic acids is 2. The summed E-state index contributed by atoms with van der Waals surface area (Å²) in [5, 5.41) is 0. The Bertz CT molecular complexity index is 617. The maximum atomic E-state index is 13.4. The summed E-state index contributed by atoms with van der Waals surface area (Å²) in [6.45, 7) is 8.27. The van der Waals surface area contributed by atoms with Crippen molar-refractivity contribution in [2.75, 3.05) is 39.8 Å². The first kappa shape index (κ1) is 18.0. The van der Waals surface area contributed by atoms with Crippen LogP contribution in [-0.4, -0.2) is 84.0 Å². The first-order chi connectivity index (χ1) is 12.5. The second-order valence-corrected chi connectivity index (χ2v) is 8.32. The van der Waals surface area contributed by atoms with Gasteiger partial charge in [0.2, 0.25) is 11.8 Å².